The molecular weight excluding hydrogens is 290 g/mol. The van der Waals surface area contributed by atoms with Crippen molar-refractivity contribution in [1.82, 2.24) is 4.31 Å². The topological polar surface area (TPSA) is 37.4 Å². The maximum atomic E-state index is 12.1. The summed E-state index contributed by atoms with van der Waals surface area (Å²) in [6.07, 6.45) is 0. The minimum atomic E-state index is -3.36. The summed E-state index contributed by atoms with van der Waals surface area (Å²) >= 11 is 3.29. The highest BCUT2D eigenvalue weighted by Gasteiger charge is 2.24. The first-order valence-electron chi connectivity index (χ1n) is 5.00. The fraction of sp³-hybridized carbons (Fsp3) is 0.455. The normalized spacial score (nSPS) is 14.1. The summed E-state index contributed by atoms with van der Waals surface area (Å²) in [5, 5.41) is 0.620. The molecule has 1 rings (SSSR count). The van der Waals surface area contributed by atoms with Gasteiger partial charge in [-0.2, -0.15) is 4.31 Å². The lowest BCUT2D eigenvalue weighted by atomic mass is 10.2. The standard InChI is InChI=1S/C11H16BrNO2S/c1-9-4-6-11(7-5-9)16(14,15)13(3)10(2)8-12/h4-7,10H,8H2,1-3H3. The molecule has 0 fully saturated rings. The number of sulfonamides is 1. The summed E-state index contributed by atoms with van der Waals surface area (Å²) in [4.78, 5) is 0.341. The predicted octanol–water partition coefficient (Wildman–Crippen LogP) is 2.40. The Hall–Kier alpha value is -0.390. The summed E-state index contributed by atoms with van der Waals surface area (Å²) < 4.78 is 25.7. The van der Waals surface area contributed by atoms with Crippen molar-refractivity contribution in [1.29, 1.82) is 0 Å². The van der Waals surface area contributed by atoms with Crippen LogP contribution in [-0.4, -0.2) is 31.1 Å². The maximum absolute atomic E-state index is 12.1. The average molecular weight is 306 g/mol. The second-order valence-corrected chi connectivity index (χ2v) is 6.48. The number of benzene rings is 1. The Balaban J connectivity index is 3.07. The molecule has 90 valence electrons. The molecule has 5 heteroatoms. The summed E-state index contributed by atoms with van der Waals surface area (Å²) in [5.74, 6) is 0. The van der Waals surface area contributed by atoms with Gasteiger partial charge in [0.05, 0.1) is 4.90 Å². The molecule has 0 saturated heterocycles. The molecule has 1 aromatic carbocycles. The van der Waals surface area contributed by atoms with Crippen LogP contribution in [0, 0.1) is 6.92 Å². The van der Waals surface area contributed by atoms with Crippen LogP contribution in [0.2, 0.25) is 0 Å². The van der Waals surface area contributed by atoms with Crippen molar-refractivity contribution < 1.29 is 8.42 Å². The number of nitrogens with zero attached hydrogens (tertiary/aromatic N) is 1. The van der Waals surface area contributed by atoms with E-state index in [4.69, 9.17) is 0 Å². The first-order valence-corrected chi connectivity index (χ1v) is 7.56. The summed E-state index contributed by atoms with van der Waals surface area (Å²) in [6, 6.07) is 6.83. The Morgan fingerprint density at radius 1 is 1.31 bits per heavy atom. The summed E-state index contributed by atoms with van der Waals surface area (Å²) in [5.41, 5.74) is 1.05. The van der Waals surface area contributed by atoms with Crippen molar-refractivity contribution >= 4 is 26.0 Å². The van der Waals surface area contributed by atoms with Crippen LogP contribution in [-0.2, 0) is 10.0 Å². The number of hydrogen-bond donors (Lipinski definition) is 0. The van der Waals surface area contributed by atoms with Gasteiger partial charge in [0.2, 0.25) is 10.0 Å². The molecule has 0 N–H and O–H groups in total. The molecule has 16 heavy (non-hydrogen) atoms. The molecule has 0 radical (unpaired) electrons. The third-order valence-electron chi connectivity index (χ3n) is 2.54. The first-order chi connectivity index (χ1) is 7.39. The van der Waals surface area contributed by atoms with Gasteiger partial charge >= 0.3 is 0 Å². The van der Waals surface area contributed by atoms with E-state index in [1.54, 1.807) is 31.3 Å². The monoisotopic (exact) mass is 305 g/mol. The fourth-order valence-corrected chi connectivity index (χ4v) is 3.20. The molecule has 0 bridgehead atoms. The van der Waals surface area contributed by atoms with Gasteiger partial charge in [0, 0.05) is 18.4 Å². The van der Waals surface area contributed by atoms with Crippen LogP contribution < -0.4 is 0 Å². The lowest BCUT2D eigenvalue weighted by molar-refractivity contribution is 0.416. The highest BCUT2D eigenvalue weighted by Crippen LogP contribution is 2.17. The Bertz CT molecular complexity index is 442. The third-order valence-corrected chi connectivity index (χ3v) is 5.47. The van der Waals surface area contributed by atoms with E-state index in [-0.39, 0.29) is 6.04 Å². The molecule has 0 spiro atoms. The lowest BCUT2D eigenvalue weighted by Crippen LogP contribution is -2.36. The largest absolute Gasteiger partial charge is 0.243 e. The molecule has 0 aliphatic heterocycles. The van der Waals surface area contributed by atoms with Crippen molar-refractivity contribution in [3.63, 3.8) is 0 Å². The van der Waals surface area contributed by atoms with E-state index in [0.29, 0.717) is 10.2 Å². The molecule has 1 atom stereocenters. The molecule has 0 heterocycles. The van der Waals surface area contributed by atoms with Gasteiger partial charge in [-0.05, 0) is 26.0 Å². The van der Waals surface area contributed by atoms with Crippen molar-refractivity contribution in [2.45, 2.75) is 24.8 Å². The number of alkyl halides is 1. The second kappa shape index (κ2) is 5.29. The van der Waals surface area contributed by atoms with Gasteiger partial charge in [-0.1, -0.05) is 33.6 Å². The molecular formula is C11H16BrNO2S. The predicted molar refractivity (Wildman–Crippen MR) is 69.4 cm³/mol. The second-order valence-electron chi connectivity index (χ2n) is 3.84. The van der Waals surface area contributed by atoms with Crippen LogP contribution in [0.5, 0.6) is 0 Å². The Kier molecular flexibility index (Phi) is 4.52. The molecule has 0 saturated carbocycles. The number of hydrogen-bond acceptors (Lipinski definition) is 2. The minimum absolute atomic E-state index is 0.0636. The van der Waals surface area contributed by atoms with E-state index in [2.05, 4.69) is 15.9 Å². The van der Waals surface area contributed by atoms with E-state index in [0.717, 1.165) is 5.56 Å². The van der Waals surface area contributed by atoms with E-state index < -0.39 is 10.0 Å². The van der Waals surface area contributed by atoms with Gasteiger partial charge in [0.1, 0.15) is 0 Å². The molecule has 3 nitrogen and oxygen atoms in total. The number of rotatable bonds is 4. The zero-order valence-corrected chi connectivity index (χ0v) is 12.0. The van der Waals surface area contributed by atoms with Gasteiger partial charge in [0.15, 0.2) is 0 Å². The molecule has 1 unspecified atom stereocenters. The summed E-state index contributed by atoms with van der Waals surface area (Å²) in [6.45, 7) is 3.79. The van der Waals surface area contributed by atoms with Gasteiger partial charge < -0.3 is 0 Å². The van der Waals surface area contributed by atoms with Crippen LogP contribution in [0.4, 0.5) is 0 Å². The van der Waals surface area contributed by atoms with Crippen LogP contribution in [0.15, 0.2) is 29.2 Å². The van der Waals surface area contributed by atoms with Crippen LogP contribution >= 0.6 is 15.9 Å². The van der Waals surface area contributed by atoms with E-state index in [1.807, 2.05) is 13.8 Å². The Morgan fingerprint density at radius 2 is 1.81 bits per heavy atom. The van der Waals surface area contributed by atoms with Gasteiger partial charge in [-0.3, -0.25) is 0 Å². The smallest absolute Gasteiger partial charge is 0.207 e. The average Bonchev–Trinajstić information content (AvgIpc) is 2.27. The summed E-state index contributed by atoms with van der Waals surface area (Å²) in [7, 11) is -1.77. The van der Waals surface area contributed by atoms with E-state index in [1.165, 1.54) is 4.31 Å². The van der Waals surface area contributed by atoms with Gasteiger partial charge in [0.25, 0.3) is 0 Å². The Labute approximate surface area is 106 Å². The van der Waals surface area contributed by atoms with Crippen molar-refractivity contribution in [2.75, 3.05) is 12.4 Å². The maximum Gasteiger partial charge on any atom is 0.243 e. The van der Waals surface area contributed by atoms with Crippen molar-refractivity contribution in [3.8, 4) is 0 Å². The number of aryl methyl sites for hydroxylation is 1. The zero-order valence-electron chi connectivity index (χ0n) is 9.64. The van der Waals surface area contributed by atoms with Crippen LogP contribution in [0.25, 0.3) is 0 Å². The third kappa shape index (κ3) is 2.84. The quantitative estimate of drug-likeness (QED) is 0.801. The molecule has 1 aromatic rings. The van der Waals surface area contributed by atoms with Crippen molar-refractivity contribution in [2.24, 2.45) is 0 Å². The number of halogens is 1. The van der Waals surface area contributed by atoms with E-state index in [9.17, 15) is 8.42 Å². The molecule has 0 aromatic heterocycles. The zero-order chi connectivity index (χ0) is 12.3. The fourth-order valence-electron chi connectivity index (χ4n) is 1.21. The molecule has 0 amide bonds. The lowest BCUT2D eigenvalue weighted by Gasteiger charge is -2.22. The van der Waals surface area contributed by atoms with Gasteiger partial charge in [-0.25, -0.2) is 8.42 Å². The van der Waals surface area contributed by atoms with Crippen molar-refractivity contribution in [3.05, 3.63) is 29.8 Å². The minimum Gasteiger partial charge on any atom is -0.207 e. The SMILES string of the molecule is Cc1ccc(S(=O)(=O)N(C)C(C)CBr)cc1. The van der Waals surface area contributed by atoms with Crippen LogP contribution in [0.1, 0.15) is 12.5 Å². The Morgan fingerprint density at radius 3 is 2.25 bits per heavy atom. The molecule has 0 aliphatic rings. The van der Waals surface area contributed by atoms with Crippen LogP contribution in [0.3, 0.4) is 0 Å². The highest BCUT2D eigenvalue weighted by molar-refractivity contribution is 9.09. The highest BCUT2D eigenvalue weighted by atomic mass is 79.9. The molecule has 0 aliphatic carbocycles. The van der Waals surface area contributed by atoms with E-state index >= 15 is 0 Å². The first kappa shape index (κ1) is 13.7. The van der Waals surface area contributed by atoms with Gasteiger partial charge in [-0.15, -0.1) is 0 Å².